The van der Waals surface area contributed by atoms with Crippen LogP contribution in [0.4, 0.5) is 10.2 Å². The van der Waals surface area contributed by atoms with E-state index >= 15 is 0 Å². The van der Waals surface area contributed by atoms with Gasteiger partial charge in [0.2, 0.25) is 5.95 Å². The molecule has 1 fully saturated rings. The number of aliphatic hydroxyl groups is 1. The molecule has 16 heavy (non-hydrogen) atoms. The van der Waals surface area contributed by atoms with Crippen LogP contribution in [-0.4, -0.2) is 29.3 Å². The molecule has 0 spiro atoms. The molecule has 0 radical (unpaired) electrons. The van der Waals surface area contributed by atoms with E-state index in [4.69, 9.17) is 0 Å². The molecule has 1 aromatic heterocycles. The van der Waals surface area contributed by atoms with Gasteiger partial charge in [-0.05, 0) is 25.0 Å². The van der Waals surface area contributed by atoms with Gasteiger partial charge in [0.15, 0.2) is 0 Å². The van der Waals surface area contributed by atoms with E-state index in [1.54, 1.807) is 12.1 Å². The topological polar surface area (TPSA) is 36.4 Å². The Morgan fingerprint density at radius 2 is 2.25 bits per heavy atom. The minimum Gasteiger partial charge on any atom is -0.394 e. The summed E-state index contributed by atoms with van der Waals surface area (Å²) in [5, 5.41) is 9.35. The number of halogens is 1. The fourth-order valence-electron chi connectivity index (χ4n) is 2.23. The van der Waals surface area contributed by atoms with E-state index in [-0.39, 0.29) is 12.6 Å². The van der Waals surface area contributed by atoms with Gasteiger partial charge >= 0.3 is 0 Å². The standard InChI is InChI=1S/C12H17FN2O/c13-11-6-4-7-12(14-11)15-8-3-1-2-5-10(15)9-16/h4,6-7,10,16H,1-3,5,8-9H2. The van der Waals surface area contributed by atoms with Crippen molar-refractivity contribution < 1.29 is 9.50 Å². The minimum atomic E-state index is -0.460. The highest BCUT2D eigenvalue weighted by molar-refractivity contribution is 5.39. The molecular formula is C12H17FN2O. The maximum Gasteiger partial charge on any atom is 0.214 e. The molecule has 1 aromatic rings. The van der Waals surface area contributed by atoms with Crippen molar-refractivity contribution in [1.82, 2.24) is 4.98 Å². The molecule has 1 unspecified atom stereocenters. The van der Waals surface area contributed by atoms with E-state index in [1.165, 1.54) is 12.5 Å². The molecule has 2 rings (SSSR count). The van der Waals surface area contributed by atoms with E-state index in [9.17, 15) is 9.50 Å². The van der Waals surface area contributed by atoms with Crippen LogP contribution in [0, 0.1) is 5.95 Å². The predicted molar refractivity (Wildman–Crippen MR) is 60.9 cm³/mol. The summed E-state index contributed by atoms with van der Waals surface area (Å²) in [7, 11) is 0. The van der Waals surface area contributed by atoms with Gasteiger partial charge in [-0.1, -0.05) is 18.9 Å². The molecule has 0 amide bonds. The summed E-state index contributed by atoms with van der Waals surface area (Å²) in [5.41, 5.74) is 0. The lowest BCUT2D eigenvalue weighted by Gasteiger charge is -2.29. The van der Waals surface area contributed by atoms with Crippen molar-refractivity contribution in [2.75, 3.05) is 18.1 Å². The fraction of sp³-hybridized carbons (Fsp3) is 0.583. The summed E-state index contributed by atoms with van der Waals surface area (Å²) in [6, 6.07) is 4.89. The fourth-order valence-corrected chi connectivity index (χ4v) is 2.23. The second-order valence-corrected chi connectivity index (χ2v) is 4.20. The molecule has 0 aliphatic carbocycles. The first-order valence-corrected chi connectivity index (χ1v) is 5.81. The Bertz CT molecular complexity index is 346. The third-order valence-corrected chi connectivity index (χ3v) is 3.08. The number of nitrogens with zero attached hydrogens (tertiary/aromatic N) is 2. The molecular weight excluding hydrogens is 207 g/mol. The minimum absolute atomic E-state index is 0.0804. The zero-order valence-corrected chi connectivity index (χ0v) is 9.27. The number of anilines is 1. The van der Waals surface area contributed by atoms with Gasteiger partial charge in [0.1, 0.15) is 5.82 Å². The van der Waals surface area contributed by atoms with Crippen molar-refractivity contribution >= 4 is 5.82 Å². The van der Waals surface area contributed by atoms with Crippen LogP contribution in [0.15, 0.2) is 18.2 Å². The maximum absolute atomic E-state index is 13.1. The number of aromatic nitrogens is 1. The Morgan fingerprint density at radius 3 is 3.00 bits per heavy atom. The van der Waals surface area contributed by atoms with Crippen molar-refractivity contribution in [3.8, 4) is 0 Å². The number of hydrogen-bond acceptors (Lipinski definition) is 3. The molecule has 1 N–H and O–H groups in total. The largest absolute Gasteiger partial charge is 0.394 e. The molecule has 0 saturated carbocycles. The average Bonchev–Trinajstić information content (AvgIpc) is 2.53. The van der Waals surface area contributed by atoms with Gasteiger partial charge in [-0.25, -0.2) is 4.98 Å². The van der Waals surface area contributed by atoms with Crippen LogP contribution in [0.2, 0.25) is 0 Å². The lowest BCUT2D eigenvalue weighted by molar-refractivity contribution is 0.254. The molecule has 1 atom stereocenters. The third-order valence-electron chi connectivity index (χ3n) is 3.08. The summed E-state index contributed by atoms with van der Waals surface area (Å²) < 4.78 is 13.1. The first kappa shape index (κ1) is 11.3. The third kappa shape index (κ3) is 2.50. The van der Waals surface area contributed by atoms with Crippen LogP contribution in [0.25, 0.3) is 0 Å². The highest BCUT2D eigenvalue weighted by Crippen LogP contribution is 2.22. The zero-order valence-electron chi connectivity index (χ0n) is 9.27. The first-order valence-electron chi connectivity index (χ1n) is 5.81. The van der Waals surface area contributed by atoms with Crippen molar-refractivity contribution in [3.05, 3.63) is 24.1 Å². The van der Waals surface area contributed by atoms with Crippen molar-refractivity contribution in [3.63, 3.8) is 0 Å². The molecule has 0 aromatic carbocycles. The summed E-state index contributed by atoms with van der Waals surface area (Å²) >= 11 is 0. The number of aliphatic hydroxyl groups excluding tert-OH is 1. The van der Waals surface area contributed by atoms with Crippen LogP contribution in [0.3, 0.4) is 0 Å². The van der Waals surface area contributed by atoms with Gasteiger partial charge in [0.25, 0.3) is 0 Å². The van der Waals surface area contributed by atoms with Crippen molar-refractivity contribution in [2.24, 2.45) is 0 Å². The predicted octanol–water partition coefficient (Wildman–Crippen LogP) is 1.96. The van der Waals surface area contributed by atoms with Crippen LogP contribution in [-0.2, 0) is 0 Å². The van der Waals surface area contributed by atoms with Gasteiger partial charge < -0.3 is 10.0 Å². The monoisotopic (exact) mass is 224 g/mol. The molecule has 1 aliphatic rings. The first-order chi connectivity index (χ1) is 7.81. The SMILES string of the molecule is OCC1CCCCCN1c1cccc(F)n1. The van der Waals surface area contributed by atoms with Crippen LogP contribution in [0.5, 0.6) is 0 Å². The van der Waals surface area contributed by atoms with E-state index < -0.39 is 5.95 Å². The zero-order chi connectivity index (χ0) is 11.4. The van der Waals surface area contributed by atoms with Crippen LogP contribution < -0.4 is 4.90 Å². The molecule has 3 nitrogen and oxygen atoms in total. The van der Waals surface area contributed by atoms with Crippen molar-refractivity contribution in [2.45, 2.75) is 31.7 Å². The molecule has 2 heterocycles. The van der Waals surface area contributed by atoms with E-state index in [0.29, 0.717) is 5.82 Å². The average molecular weight is 224 g/mol. The second kappa shape index (κ2) is 5.25. The number of rotatable bonds is 2. The Hall–Kier alpha value is -1.16. The summed E-state index contributed by atoms with van der Waals surface area (Å²) in [4.78, 5) is 5.91. The van der Waals surface area contributed by atoms with E-state index in [0.717, 1.165) is 25.8 Å². The van der Waals surface area contributed by atoms with Gasteiger partial charge in [0, 0.05) is 6.54 Å². The molecule has 0 bridgehead atoms. The Balaban J connectivity index is 2.21. The highest BCUT2D eigenvalue weighted by atomic mass is 19.1. The van der Waals surface area contributed by atoms with E-state index in [2.05, 4.69) is 4.98 Å². The molecule has 88 valence electrons. The number of pyridine rings is 1. The normalized spacial score (nSPS) is 21.9. The van der Waals surface area contributed by atoms with Crippen LogP contribution >= 0.6 is 0 Å². The quantitative estimate of drug-likeness (QED) is 0.780. The maximum atomic E-state index is 13.1. The lowest BCUT2D eigenvalue weighted by atomic mass is 10.1. The molecule has 1 saturated heterocycles. The second-order valence-electron chi connectivity index (χ2n) is 4.20. The Labute approximate surface area is 94.9 Å². The molecule has 4 heteroatoms. The van der Waals surface area contributed by atoms with Crippen molar-refractivity contribution in [1.29, 1.82) is 0 Å². The summed E-state index contributed by atoms with van der Waals surface area (Å²) in [6.45, 7) is 0.958. The lowest BCUT2D eigenvalue weighted by Crippen LogP contribution is -2.38. The Morgan fingerprint density at radius 1 is 1.38 bits per heavy atom. The highest BCUT2D eigenvalue weighted by Gasteiger charge is 2.21. The van der Waals surface area contributed by atoms with Gasteiger partial charge in [-0.15, -0.1) is 0 Å². The summed E-state index contributed by atoms with van der Waals surface area (Å²) in [6.07, 6.45) is 4.32. The van der Waals surface area contributed by atoms with Crippen LogP contribution in [0.1, 0.15) is 25.7 Å². The van der Waals surface area contributed by atoms with E-state index in [1.807, 2.05) is 4.90 Å². The smallest absolute Gasteiger partial charge is 0.214 e. The Kier molecular flexibility index (Phi) is 3.72. The van der Waals surface area contributed by atoms with Gasteiger partial charge in [-0.2, -0.15) is 4.39 Å². The number of hydrogen-bond donors (Lipinski definition) is 1. The van der Waals surface area contributed by atoms with Gasteiger partial charge in [0.05, 0.1) is 12.6 Å². The molecule has 1 aliphatic heterocycles. The summed E-state index contributed by atoms with van der Waals surface area (Å²) in [5.74, 6) is 0.180. The van der Waals surface area contributed by atoms with Gasteiger partial charge in [-0.3, -0.25) is 0 Å².